The average molecular weight is 333 g/mol. The minimum absolute atomic E-state index is 0. The Balaban J connectivity index is 0.00000146. The van der Waals surface area contributed by atoms with E-state index < -0.39 is 23.2 Å². The molecule has 2 heterocycles. The zero-order valence-corrected chi connectivity index (χ0v) is 13.3. The van der Waals surface area contributed by atoms with Gasteiger partial charge in [0, 0.05) is 17.2 Å². The molecule has 24 heavy (non-hydrogen) atoms. The molecule has 5 heteroatoms. The number of piperidine rings is 1. The second-order valence-electron chi connectivity index (χ2n) is 7.74. The monoisotopic (exact) mass is 333 g/mol. The van der Waals surface area contributed by atoms with Crippen LogP contribution in [0.1, 0.15) is 43.4 Å². The largest absolute Gasteiger partial charge is 0.486 e. The second kappa shape index (κ2) is 4.94. The maximum absolute atomic E-state index is 11.8. The van der Waals surface area contributed by atoms with Crippen LogP contribution in [0.2, 0.25) is 0 Å². The number of likely N-dealkylation sites (tertiary alicyclic amines) is 1. The zero-order valence-electron chi connectivity index (χ0n) is 13.3. The first kappa shape index (κ1) is 16.3. The molecular formula is C19H27NO4. The van der Waals surface area contributed by atoms with Crippen molar-refractivity contribution in [3.8, 4) is 5.75 Å². The summed E-state index contributed by atoms with van der Waals surface area (Å²) in [5.41, 5.74) is 1.64. The Hall–Kier alpha value is -1.14. The standard InChI is InChI=1S/C18H23NO4.CH4/c1-19-7-6-17-14-10-2-3-11(9-20)15(14)23-16(17)12(21)4-5-18(17,22)13(19)8-10;/h2-3,12-13,16,20-22H,4-9H2,1H3;1H4/t12?,13?,16?,17-,18+;/m0./s1. The van der Waals surface area contributed by atoms with Crippen LogP contribution in [0.25, 0.3) is 0 Å². The van der Waals surface area contributed by atoms with Gasteiger partial charge in [-0.1, -0.05) is 19.6 Å². The van der Waals surface area contributed by atoms with E-state index in [1.165, 1.54) is 5.56 Å². The quantitative estimate of drug-likeness (QED) is 0.714. The maximum Gasteiger partial charge on any atom is 0.137 e. The smallest absolute Gasteiger partial charge is 0.137 e. The van der Waals surface area contributed by atoms with Gasteiger partial charge in [0.1, 0.15) is 11.9 Å². The molecule has 3 N–H and O–H groups in total. The molecule has 3 unspecified atom stereocenters. The number of likely N-dealkylation sites (N-methyl/N-ethyl adjacent to an activating group) is 1. The minimum Gasteiger partial charge on any atom is -0.486 e. The summed E-state index contributed by atoms with van der Waals surface area (Å²) in [5, 5.41) is 32.1. The van der Waals surface area contributed by atoms with Crippen molar-refractivity contribution in [2.75, 3.05) is 13.6 Å². The van der Waals surface area contributed by atoms with Crippen LogP contribution >= 0.6 is 0 Å². The van der Waals surface area contributed by atoms with E-state index in [0.29, 0.717) is 12.8 Å². The van der Waals surface area contributed by atoms with Crippen LogP contribution in [0, 0.1) is 0 Å². The minimum atomic E-state index is -0.865. The lowest BCUT2D eigenvalue weighted by molar-refractivity contribution is -0.204. The first-order valence-electron chi connectivity index (χ1n) is 8.56. The van der Waals surface area contributed by atoms with Crippen LogP contribution in [0.15, 0.2) is 12.1 Å². The maximum atomic E-state index is 11.8. The van der Waals surface area contributed by atoms with E-state index in [1.807, 2.05) is 6.07 Å². The van der Waals surface area contributed by atoms with Gasteiger partial charge in [-0.25, -0.2) is 0 Å². The highest BCUT2D eigenvalue weighted by molar-refractivity contribution is 5.60. The molecule has 132 valence electrons. The molecule has 5 nitrogen and oxygen atoms in total. The Morgan fingerprint density at radius 2 is 2.12 bits per heavy atom. The van der Waals surface area contributed by atoms with Crippen molar-refractivity contribution in [3.05, 3.63) is 28.8 Å². The first-order chi connectivity index (χ1) is 11.0. The third-order valence-electron chi connectivity index (χ3n) is 6.97. The topological polar surface area (TPSA) is 73.2 Å². The Bertz CT molecular complexity index is 692. The van der Waals surface area contributed by atoms with Gasteiger partial charge >= 0.3 is 0 Å². The van der Waals surface area contributed by atoms with Gasteiger partial charge in [0.05, 0.1) is 23.7 Å². The summed E-state index contributed by atoms with van der Waals surface area (Å²) in [4.78, 5) is 2.26. The molecule has 1 saturated heterocycles. The summed E-state index contributed by atoms with van der Waals surface area (Å²) in [6, 6.07) is 4.06. The molecule has 0 radical (unpaired) electrons. The summed E-state index contributed by atoms with van der Waals surface area (Å²) in [7, 11) is 2.08. The predicted molar refractivity (Wildman–Crippen MR) is 90.1 cm³/mol. The second-order valence-corrected chi connectivity index (χ2v) is 7.74. The van der Waals surface area contributed by atoms with Gasteiger partial charge in [-0.2, -0.15) is 0 Å². The molecule has 5 rings (SSSR count). The molecule has 1 spiro atoms. The highest BCUT2D eigenvalue weighted by Crippen LogP contribution is 2.64. The summed E-state index contributed by atoms with van der Waals surface area (Å²) >= 11 is 0. The van der Waals surface area contributed by atoms with Crippen LogP contribution in [-0.2, 0) is 18.4 Å². The van der Waals surface area contributed by atoms with Crippen LogP contribution < -0.4 is 4.74 Å². The van der Waals surface area contributed by atoms with Crippen molar-refractivity contribution >= 4 is 0 Å². The van der Waals surface area contributed by atoms with E-state index in [1.54, 1.807) is 0 Å². The number of ether oxygens (including phenoxy) is 1. The molecule has 2 aliphatic carbocycles. The van der Waals surface area contributed by atoms with Crippen molar-refractivity contribution in [2.24, 2.45) is 0 Å². The van der Waals surface area contributed by atoms with E-state index >= 15 is 0 Å². The lowest BCUT2D eigenvalue weighted by Crippen LogP contribution is -2.76. The van der Waals surface area contributed by atoms with E-state index in [4.69, 9.17) is 4.74 Å². The van der Waals surface area contributed by atoms with Gasteiger partial charge in [-0.15, -0.1) is 0 Å². The van der Waals surface area contributed by atoms with Crippen LogP contribution in [0.5, 0.6) is 5.75 Å². The fourth-order valence-corrected chi connectivity index (χ4v) is 5.92. The van der Waals surface area contributed by atoms with Gasteiger partial charge < -0.3 is 25.0 Å². The van der Waals surface area contributed by atoms with Gasteiger partial charge in [-0.3, -0.25) is 0 Å². The third-order valence-corrected chi connectivity index (χ3v) is 6.97. The molecule has 5 atom stereocenters. The van der Waals surface area contributed by atoms with Gasteiger partial charge in [0.2, 0.25) is 0 Å². The van der Waals surface area contributed by atoms with E-state index in [-0.39, 0.29) is 20.1 Å². The number of aliphatic hydroxyl groups excluding tert-OH is 2. The summed E-state index contributed by atoms with van der Waals surface area (Å²) in [6.07, 6.45) is 1.78. The van der Waals surface area contributed by atoms with Crippen molar-refractivity contribution in [1.82, 2.24) is 4.90 Å². The van der Waals surface area contributed by atoms with Crippen molar-refractivity contribution in [2.45, 2.75) is 69.0 Å². The number of hydrogen-bond donors (Lipinski definition) is 3. The molecule has 1 aromatic rings. The van der Waals surface area contributed by atoms with Crippen LogP contribution in [-0.4, -0.2) is 57.7 Å². The van der Waals surface area contributed by atoms with E-state index in [2.05, 4.69) is 18.0 Å². The van der Waals surface area contributed by atoms with Crippen molar-refractivity contribution < 1.29 is 20.1 Å². The summed E-state index contributed by atoms with van der Waals surface area (Å²) < 4.78 is 6.22. The van der Waals surface area contributed by atoms with E-state index in [0.717, 1.165) is 36.3 Å². The molecule has 2 fully saturated rings. The molecule has 2 bridgehead atoms. The van der Waals surface area contributed by atoms with E-state index in [9.17, 15) is 15.3 Å². The van der Waals surface area contributed by atoms with Gasteiger partial charge in [0.15, 0.2) is 0 Å². The van der Waals surface area contributed by atoms with Crippen LogP contribution in [0.4, 0.5) is 0 Å². The number of benzene rings is 1. The molecule has 4 aliphatic rings. The molecule has 1 aromatic carbocycles. The lowest BCUT2D eigenvalue weighted by Gasteiger charge is -2.63. The lowest BCUT2D eigenvalue weighted by atomic mass is 9.48. The van der Waals surface area contributed by atoms with Gasteiger partial charge in [0.25, 0.3) is 0 Å². The highest BCUT2D eigenvalue weighted by Gasteiger charge is 2.72. The summed E-state index contributed by atoms with van der Waals surface area (Å²) in [5.74, 6) is 0.720. The highest BCUT2D eigenvalue weighted by atomic mass is 16.5. The Morgan fingerprint density at radius 3 is 2.88 bits per heavy atom. The van der Waals surface area contributed by atoms with Crippen molar-refractivity contribution in [3.63, 3.8) is 0 Å². The summed E-state index contributed by atoms with van der Waals surface area (Å²) in [6.45, 7) is 0.811. The van der Waals surface area contributed by atoms with Gasteiger partial charge in [-0.05, 0) is 44.8 Å². The number of hydrogen-bond acceptors (Lipinski definition) is 5. The SMILES string of the molecule is C.CN1CC[C@]23c4c5ccc(CO)c4OC2C(O)CC[C@@]3(O)C1C5. The fourth-order valence-electron chi connectivity index (χ4n) is 5.92. The Labute approximate surface area is 142 Å². The predicted octanol–water partition coefficient (Wildman–Crippen LogP) is 0.960. The van der Waals surface area contributed by atoms with Crippen LogP contribution in [0.3, 0.4) is 0 Å². The Kier molecular flexibility index (Phi) is 3.37. The molecule has 0 aromatic heterocycles. The average Bonchev–Trinajstić information content (AvgIpc) is 2.90. The number of rotatable bonds is 1. The number of nitrogens with zero attached hydrogens (tertiary/aromatic N) is 1. The zero-order chi connectivity index (χ0) is 16.0. The number of aliphatic hydroxyl groups is 3. The molecular weight excluding hydrogens is 306 g/mol. The Morgan fingerprint density at radius 1 is 1.33 bits per heavy atom. The molecule has 0 amide bonds. The molecule has 2 aliphatic heterocycles. The third kappa shape index (κ3) is 1.55. The first-order valence-corrected chi connectivity index (χ1v) is 8.56. The van der Waals surface area contributed by atoms with Crippen molar-refractivity contribution in [1.29, 1.82) is 0 Å². The molecule has 1 saturated carbocycles. The fraction of sp³-hybridized carbons (Fsp3) is 0.684. The normalized spacial score (nSPS) is 42.1.